The predicted molar refractivity (Wildman–Crippen MR) is 89.5 cm³/mol. The van der Waals surface area contributed by atoms with Crippen LogP contribution in [0, 0.1) is 13.8 Å². The van der Waals surface area contributed by atoms with Gasteiger partial charge in [0.15, 0.2) is 0 Å². The highest BCUT2D eigenvalue weighted by Crippen LogP contribution is 2.32. The van der Waals surface area contributed by atoms with Crippen molar-refractivity contribution in [2.24, 2.45) is 0 Å². The van der Waals surface area contributed by atoms with Crippen molar-refractivity contribution in [3.8, 4) is 0 Å². The highest BCUT2D eigenvalue weighted by atomic mass is 32.2. The average molecular weight is 285 g/mol. The van der Waals surface area contributed by atoms with Gasteiger partial charge in [0.2, 0.25) is 0 Å². The molecule has 0 spiro atoms. The minimum atomic E-state index is 0.362. The van der Waals surface area contributed by atoms with E-state index in [4.69, 9.17) is 0 Å². The van der Waals surface area contributed by atoms with Gasteiger partial charge in [-0.3, -0.25) is 0 Å². The number of aryl methyl sites for hydroxylation is 2. The second kappa shape index (κ2) is 6.96. The Labute approximate surface area is 126 Å². The van der Waals surface area contributed by atoms with Crippen LogP contribution in [0.4, 0.5) is 0 Å². The van der Waals surface area contributed by atoms with E-state index in [1.807, 2.05) is 18.8 Å². The summed E-state index contributed by atoms with van der Waals surface area (Å²) in [7, 11) is 2.04. The second-order valence-corrected chi connectivity index (χ2v) is 6.77. The topological polar surface area (TPSA) is 12.0 Å². The van der Waals surface area contributed by atoms with Crippen LogP contribution in [0.1, 0.15) is 29.7 Å². The first kappa shape index (κ1) is 15.1. The fourth-order valence-electron chi connectivity index (χ4n) is 2.42. The van der Waals surface area contributed by atoms with Crippen molar-refractivity contribution in [1.82, 2.24) is 5.32 Å². The van der Waals surface area contributed by atoms with Gasteiger partial charge in [-0.25, -0.2) is 0 Å². The number of rotatable bonds is 5. The van der Waals surface area contributed by atoms with Crippen LogP contribution >= 0.6 is 11.8 Å². The van der Waals surface area contributed by atoms with E-state index in [2.05, 4.69) is 74.6 Å². The Hall–Kier alpha value is -1.25. The summed E-state index contributed by atoms with van der Waals surface area (Å²) in [5, 5.41) is 3.93. The van der Waals surface area contributed by atoms with Gasteiger partial charge in [-0.2, -0.15) is 0 Å². The summed E-state index contributed by atoms with van der Waals surface area (Å²) < 4.78 is 0. The number of hydrogen-bond donors (Lipinski definition) is 1. The first-order valence-electron chi connectivity index (χ1n) is 7.07. The molecule has 2 heteroatoms. The zero-order chi connectivity index (χ0) is 14.5. The molecule has 0 heterocycles. The van der Waals surface area contributed by atoms with Crippen molar-refractivity contribution >= 4 is 11.8 Å². The van der Waals surface area contributed by atoms with Crippen molar-refractivity contribution in [3.63, 3.8) is 0 Å². The molecule has 2 aromatic carbocycles. The van der Waals surface area contributed by atoms with Gasteiger partial charge in [-0.1, -0.05) is 54.4 Å². The first-order chi connectivity index (χ1) is 9.60. The molecule has 0 bridgehead atoms. The molecule has 2 rings (SSSR count). The van der Waals surface area contributed by atoms with E-state index in [9.17, 15) is 0 Å². The minimum Gasteiger partial charge on any atom is -0.312 e. The van der Waals surface area contributed by atoms with Gasteiger partial charge < -0.3 is 5.32 Å². The summed E-state index contributed by atoms with van der Waals surface area (Å²) in [6.45, 7) is 6.56. The highest BCUT2D eigenvalue weighted by molar-refractivity contribution is 8.00. The van der Waals surface area contributed by atoms with E-state index in [1.54, 1.807) is 0 Å². The third kappa shape index (κ3) is 3.87. The van der Waals surface area contributed by atoms with Gasteiger partial charge in [0.25, 0.3) is 0 Å². The van der Waals surface area contributed by atoms with Crippen LogP contribution in [0.5, 0.6) is 0 Å². The normalized spacial score (nSPS) is 14.0. The predicted octanol–water partition coefficient (Wildman–Crippen LogP) is 4.74. The molecule has 0 aliphatic carbocycles. The van der Waals surface area contributed by atoms with E-state index in [1.165, 1.54) is 21.6 Å². The lowest BCUT2D eigenvalue weighted by Crippen LogP contribution is -2.25. The molecule has 2 aromatic rings. The Morgan fingerprint density at radius 2 is 1.65 bits per heavy atom. The molecule has 0 saturated carbocycles. The summed E-state index contributed by atoms with van der Waals surface area (Å²) in [6.07, 6.45) is 0. The zero-order valence-corrected chi connectivity index (χ0v) is 13.5. The third-order valence-corrected chi connectivity index (χ3v) is 4.70. The molecule has 0 amide bonds. The largest absolute Gasteiger partial charge is 0.312 e. The quantitative estimate of drug-likeness (QED) is 0.796. The minimum absolute atomic E-state index is 0.362. The maximum Gasteiger partial charge on any atom is 0.0438 e. The number of thioether (sulfide) groups is 1. The van der Waals surface area contributed by atoms with Crippen molar-refractivity contribution in [2.75, 3.05) is 7.05 Å². The summed E-state index contributed by atoms with van der Waals surface area (Å²) in [4.78, 5) is 1.34. The Bertz CT molecular complexity index is 548. The van der Waals surface area contributed by atoms with Gasteiger partial charge in [0.1, 0.15) is 0 Å². The SMILES string of the molecule is CNC(c1ccc(C)cc1)C(C)Sc1cccc(C)c1. The molecule has 0 fully saturated rings. The fourth-order valence-corrected chi connectivity index (χ4v) is 3.69. The average Bonchev–Trinajstić information content (AvgIpc) is 2.42. The summed E-state index contributed by atoms with van der Waals surface area (Å²) in [5.41, 5.74) is 3.98. The number of benzene rings is 2. The number of hydrogen-bond acceptors (Lipinski definition) is 2. The van der Waals surface area contributed by atoms with Crippen LogP contribution in [0.3, 0.4) is 0 Å². The summed E-state index contributed by atoms with van der Waals surface area (Å²) in [5.74, 6) is 0. The van der Waals surface area contributed by atoms with Crippen molar-refractivity contribution in [3.05, 3.63) is 65.2 Å². The van der Waals surface area contributed by atoms with Crippen LogP contribution in [-0.2, 0) is 0 Å². The third-order valence-electron chi connectivity index (χ3n) is 3.53. The monoisotopic (exact) mass is 285 g/mol. The van der Waals surface area contributed by atoms with E-state index in [0.29, 0.717) is 11.3 Å². The molecule has 106 valence electrons. The number of nitrogens with one attached hydrogen (secondary N) is 1. The highest BCUT2D eigenvalue weighted by Gasteiger charge is 2.18. The van der Waals surface area contributed by atoms with Crippen LogP contribution in [-0.4, -0.2) is 12.3 Å². The molecular formula is C18H23NS. The second-order valence-electron chi connectivity index (χ2n) is 5.32. The van der Waals surface area contributed by atoms with Gasteiger partial charge >= 0.3 is 0 Å². The maximum atomic E-state index is 3.45. The molecular weight excluding hydrogens is 262 g/mol. The Kier molecular flexibility index (Phi) is 5.27. The molecule has 2 atom stereocenters. The Morgan fingerprint density at radius 3 is 2.25 bits per heavy atom. The van der Waals surface area contributed by atoms with Crippen LogP contribution < -0.4 is 5.32 Å². The van der Waals surface area contributed by atoms with Crippen LogP contribution in [0.15, 0.2) is 53.4 Å². The summed E-state index contributed by atoms with van der Waals surface area (Å²) in [6, 6.07) is 17.9. The van der Waals surface area contributed by atoms with E-state index in [0.717, 1.165) is 0 Å². The van der Waals surface area contributed by atoms with E-state index >= 15 is 0 Å². The van der Waals surface area contributed by atoms with Crippen LogP contribution in [0.2, 0.25) is 0 Å². The fraction of sp³-hybridized carbons (Fsp3) is 0.333. The molecule has 20 heavy (non-hydrogen) atoms. The van der Waals surface area contributed by atoms with Crippen LogP contribution in [0.25, 0.3) is 0 Å². The zero-order valence-electron chi connectivity index (χ0n) is 12.7. The Balaban J connectivity index is 2.13. The molecule has 2 unspecified atom stereocenters. The van der Waals surface area contributed by atoms with Gasteiger partial charge in [-0.05, 0) is 38.6 Å². The van der Waals surface area contributed by atoms with Gasteiger partial charge in [0.05, 0.1) is 0 Å². The molecule has 1 nitrogen and oxygen atoms in total. The van der Waals surface area contributed by atoms with E-state index in [-0.39, 0.29) is 0 Å². The van der Waals surface area contributed by atoms with Crippen molar-refractivity contribution in [2.45, 2.75) is 37.0 Å². The molecule has 0 aliphatic rings. The maximum absolute atomic E-state index is 3.45. The lowest BCUT2D eigenvalue weighted by Gasteiger charge is -2.24. The van der Waals surface area contributed by atoms with E-state index < -0.39 is 0 Å². The van der Waals surface area contributed by atoms with Gasteiger partial charge in [-0.15, -0.1) is 11.8 Å². The molecule has 1 N–H and O–H groups in total. The van der Waals surface area contributed by atoms with Gasteiger partial charge in [0, 0.05) is 16.2 Å². The standard InChI is InChI=1S/C18H23NS/c1-13-8-10-16(11-9-13)18(19-4)15(3)20-17-7-5-6-14(2)12-17/h5-12,15,18-19H,1-4H3. The summed E-state index contributed by atoms with van der Waals surface area (Å²) >= 11 is 1.93. The lowest BCUT2D eigenvalue weighted by molar-refractivity contribution is 0.589. The molecule has 0 aliphatic heterocycles. The van der Waals surface area contributed by atoms with Crippen molar-refractivity contribution < 1.29 is 0 Å². The lowest BCUT2D eigenvalue weighted by atomic mass is 10.0. The molecule has 0 saturated heterocycles. The smallest absolute Gasteiger partial charge is 0.0438 e. The van der Waals surface area contributed by atoms with Crippen molar-refractivity contribution in [1.29, 1.82) is 0 Å². The first-order valence-corrected chi connectivity index (χ1v) is 7.95. The molecule has 0 radical (unpaired) electrons. The molecule has 0 aromatic heterocycles. The Morgan fingerprint density at radius 1 is 0.950 bits per heavy atom.